The number of unbranched alkanes of at least 4 members (excludes halogenated alkanes) is 1. The lowest BCUT2D eigenvalue weighted by molar-refractivity contribution is -0.114. The Morgan fingerprint density at radius 3 is 2.81 bits per heavy atom. The second-order valence-corrected chi connectivity index (χ2v) is 9.46. The average molecular weight is 460 g/mol. The Kier molecular flexibility index (Phi) is 6.16. The van der Waals surface area contributed by atoms with Crippen molar-refractivity contribution >= 4 is 33.1 Å². The standard InChI is InChI=1S/C22H26FN5O3S/c1-3-4-12-24-32(30,31)26-20(29)10-8-18-21(15-5-6-15)25-27(2)22(18)28-13-11-16-14-17(23)7-9-19(16)28/h7-11,13-15,24H,3-6,12H2,1-2H3,(H,26,29). The predicted molar refractivity (Wildman–Crippen MR) is 121 cm³/mol. The van der Waals surface area contributed by atoms with Crippen LogP contribution in [-0.4, -0.2) is 35.2 Å². The van der Waals surface area contributed by atoms with Gasteiger partial charge in [0.25, 0.3) is 5.91 Å². The maximum absolute atomic E-state index is 13.6. The first-order chi connectivity index (χ1) is 15.3. The summed E-state index contributed by atoms with van der Waals surface area (Å²) >= 11 is 0. The zero-order valence-corrected chi connectivity index (χ0v) is 18.8. The molecule has 1 aliphatic rings. The van der Waals surface area contributed by atoms with Crippen molar-refractivity contribution in [2.75, 3.05) is 6.54 Å². The zero-order valence-electron chi connectivity index (χ0n) is 18.0. The van der Waals surface area contributed by atoms with Crippen LogP contribution in [0, 0.1) is 5.82 Å². The van der Waals surface area contributed by atoms with Gasteiger partial charge < -0.3 is 4.57 Å². The minimum Gasteiger partial charge on any atom is -0.301 e. The van der Waals surface area contributed by atoms with E-state index in [0.29, 0.717) is 12.3 Å². The van der Waals surface area contributed by atoms with Gasteiger partial charge in [0.15, 0.2) is 0 Å². The monoisotopic (exact) mass is 459 g/mol. The summed E-state index contributed by atoms with van der Waals surface area (Å²) < 4.78 is 45.6. The van der Waals surface area contributed by atoms with Crippen molar-refractivity contribution in [2.45, 2.75) is 38.5 Å². The SMILES string of the molecule is CCCCNS(=O)(=O)NC(=O)C=Cc1c(C2CC2)nn(C)c1-n1ccc2cc(F)ccc21. The van der Waals surface area contributed by atoms with E-state index in [1.165, 1.54) is 18.2 Å². The Balaban J connectivity index is 1.66. The Labute approximate surface area is 186 Å². The zero-order chi connectivity index (χ0) is 22.9. The van der Waals surface area contributed by atoms with Crippen molar-refractivity contribution in [1.82, 2.24) is 23.8 Å². The van der Waals surface area contributed by atoms with Crippen LogP contribution in [0.25, 0.3) is 22.8 Å². The molecule has 3 aromatic rings. The number of benzene rings is 1. The van der Waals surface area contributed by atoms with E-state index in [1.54, 1.807) is 16.8 Å². The summed E-state index contributed by atoms with van der Waals surface area (Å²) in [5.74, 6) is -0.0349. The molecule has 0 bridgehead atoms. The molecule has 1 aromatic carbocycles. The number of nitrogens with zero attached hydrogens (tertiary/aromatic N) is 3. The fraction of sp³-hybridized carbons (Fsp3) is 0.364. The number of hydrogen-bond donors (Lipinski definition) is 2. The van der Waals surface area contributed by atoms with Crippen molar-refractivity contribution in [2.24, 2.45) is 7.05 Å². The molecule has 2 aromatic heterocycles. The van der Waals surface area contributed by atoms with Crippen LogP contribution in [0.4, 0.5) is 4.39 Å². The Bertz CT molecular complexity index is 1290. The minimum atomic E-state index is -3.91. The molecule has 32 heavy (non-hydrogen) atoms. The Morgan fingerprint density at radius 1 is 1.31 bits per heavy atom. The molecule has 10 heteroatoms. The third-order valence-electron chi connectivity index (χ3n) is 5.38. The normalized spacial score (nSPS) is 14.5. The van der Waals surface area contributed by atoms with E-state index in [4.69, 9.17) is 0 Å². The van der Waals surface area contributed by atoms with Gasteiger partial charge in [0.05, 0.1) is 11.2 Å². The molecule has 1 saturated carbocycles. The molecule has 2 heterocycles. The number of amides is 1. The molecule has 1 fully saturated rings. The lowest BCUT2D eigenvalue weighted by Crippen LogP contribution is -2.39. The molecule has 2 N–H and O–H groups in total. The summed E-state index contributed by atoms with van der Waals surface area (Å²) in [6.07, 6.45) is 8.18. The fourth-order valence-electron chi connectivity index (χ4n) is 3.70. The van der Waals surface area contributed by atoms with Crippen molar-refractivity contribution < 1.29 is 17.6 Å². The number of fused-ring (bicyclic) bond motifs is 1. The highest BCUT2D eigenvalue weighted by Gasteiger charge is 2.31. The van der Waals surface area contributed by atoms with Gasteiger partial charge in [-0.15, -0.1) is 0 Å². The molecule has 8 nitrogen and oxygen atoms in total. The Hall–Kier alpha value is -2.98. The number of carbonyl (C=O) groups is 1. The lowest BCUT2D eigenvalue weighted by Gasteiger charge is -2.08. The molecule has 0 atom stereocenters. The van der Waals surface area contributed by atoms with E-state index in [0.717, 1.165) is 47.2 Å². The highest BCUT2D eigenvalue weighted by atomic mass is 32.2. The third-order valence-corrected chi connectivity index (χ3v) is 6.44. The molecule has 170 valence electrons. The van der Waals surface area contributed by atoms with Gasteiger partial charge in [0, 0.05) is 42.7 Å². The highest BCUT2D eigenvalue weighted by molar-refractivity contribution is 7.88. The molecule has 1 aliphatic carbocycles. The number of aryl methyl sites for hydroxylation is 1. The first kappa shape index (κ1) is 22.2. The van der Waals surface area contributed by atoms with Crippen LogP contribution in [0.5, 0.6) is 0 Å². The van der Waals surface area contributed by atoms with Gasteiger partial charge in [0.1, 0.15) is 11.6 Å². The molecule has 0 unspecified atom stereocenters. The maximum atomic E-state index is 13.6. The van der Waals surface area contributed by atoms with E-state index >= 15 is 0 Å². The van der Waals surface area contributed by atoms with Crippen LogP contribution in [-0.2, 0) is 22.1 Å². The van der Waals surface area contributed by atoms with E-state index in [-0.39, 0.29) is 12.4 Å². The first-order valence-corrected chi connectivity index (χ1v) is 12.1. The van der Waals surface area contributed by atoms with Crippen LogP contribution in [0.3, 0.4) is 0 Å². The molecular formula is C22H26FN5O3S. The van der Waals surface area contributed by atoms with Crippen LogP contribution in [0.1, 0.15) is 49.8 Å². The molecule has 0 radical (unpaired) electrons. The average Bonchev–Trinajstić information content (AvgIpc) is 3.41. The molecular weight excluding hydrogens is 433 g/mol. The van der Waals surface area contributed by atoms with E-state index in [2.05, 4.69) is 9.82 Å². The van der Waals surface area contributed by atoms with E-state index in [9.17, 15) is 17.6 Å². The number of rotatable bonds is 9. The predicted octanol–water partition coefficient (Wildman–Crippen LogP) is 3.14. The van der Waals surface area contributed by atoms with Crippen molar-refractivity contribution in [3.05, 3.63) is 53.6 Å². The molecule has 0 saturated heterocycles. The quantitative estimate of drug-likeness (QED) is 0.379. The van der Waals surface area contributed by atoms with Gasteiger partial charge in [-0.05, 0) is 49.6 Å². The number of aromatic nitrogens is 3. The third kappa shape index (κ3) is 4.76. The Morgan fingerprint density at radius 2 is 2.09 bits per heavy atom. The number of halogens is 1. The van der Waals surface area contributed by atoms with Gasteiger partial charge in [-0.1, -0.05) is 13.3 Å². The highest BCUT2D eigenvalue weighted by Crippen LogP contribution is 2.43. The molecule has 1 amide bonds. The lowest BCUT2D eigenvalue weighted by atomic mass is 10.1. The van der Waals surface area contributed by atoms with E-state index in [1.807, 2.05) is 35.5 Å². The van der Waals surface area contributed by atoms with Gasteiger partial charge in [0.2, 0.25) is 0 Å². The topological polar surface area (TPSA) is 98.0 Å². The second-order valence-electron chi connectivity index (χ2n) is 7.96. The van der Waals surface area contributed by atoms with Crippen molar-refractivity contribution in [3.63, 3.8) is 0 Å². The smallest absolute Gasteiger partial charge is 0.301 e. The summed E-state index contributed by atoms with van der Waals surface area (Å²) in [6, 6.07) is 6.37. The summed E-state index contributed by atoms with van der Waals surface area (Å²) in [6.45, 7) is 2.21. The maximum Gasteiger partial charge on any atom is 0.301 e. The summed E-state index contributed by atoms with van der Waals surface area (Å²) in [7, 11) is -2.10. The van der Waals surface area contributed by atoms with Crippen molar-refractivity contribution in [1.29, 1.82) is 0 Å². The van der Waals surface area contributed by atoms with Crippen LogP contribution >= 0.6 is 0 Å². The second kappa shape index (κ2) is 8.87. The van der Waals surface area contributed by atoms with Crippen LogP contribution < -0.4 is 9.44 Å². The van der Waals surface area contributed by atoms with Gasteiger partial charge >= 0.3 is 10.2 Å². The van der Waals surface area contributed by atoms with Gasteiger partial charge in [-0.3, -0.25) is 9.48 Å². The summed E-state index contributed by atoms with van der Waals surface area (Å²) in [5.41, 5.74) is 2.40. The van der Waals surface area contributed by atoms with E-state index < -0.39 is 16.1 Å². The summed E-state index contributed by atoms with van der Waals surface area (Å²) in [4.78, 5) is 12.3. The number of hydrogen-bond acceptors (Lipinski definition) is 4. The number of carbonyl (C=O) groups excluding carboxylic acids is 1. The summed E-state index contributed by atoms with van der Waals surface area (Å²) in [5, 5.41) is 5.41. The van der Waals surface area contributed by atoms with Crippen molar-refractivity contribution in [3.8, 4) is 5.82 Å². The van der Waals surface area contributed by atoms with Crippen LogP contribution in [0.2, 0.25) is 0 Å². The molecule has 0 aliphatic heterocycles. The first-order valence-electron chi connectivity index (χ1n) is 10.6. The number of nitrogens with one attached hydrogen (secondary N) is 2. The van der Waals surface area contributed by atoms with Crippen LogP contribution in [0.15, 0.2) is 36.5 Å². The molecule has 0 spiro atoms. The fourth-order valence-corrected chi connectivity index (χ4v) is 4.52. The minimum absolute atomic E-state index is 0.267. The largest absolute Gasteiger partial charge is 0.301 e. The van der Waals surface area contributed by atoms with Gasteiger partial charge in [-0.2, -0.15) is 18.2 Å². The van der Waals surface area contributed by atoms with Gasteiger partial charge in [-0.25, -0.2) is 9.11 Å². The molecule has 4 rings (SSSR count).